The van der Waals surface area contributed by atoms with Gasteiger partial charge in [0.05, 0.1) is 12.0 Å². The molecule has 1 saturated carbocycles. The van der Waals surface area contributed by atoms with Gasteiger partial charge in [-0.1, -0.05) is 26.7 Å². The molecule has 0 spiro atoms. The molecule has 1 aliphatic rings. The molecule has 1 aromatic heterocycles. The fourth-order valence-corrected chi connectivity index (χ4v) is 3.67. The lowest BCUT2D eigenvalue weighted by Gasteiger charge is -2.31. The smallest absolute Gasteiger partial charge is 0.0950 e. The van der Waals surface area contributed by atoms with Gasteiger partial charge in [0, 0.05) is 32.4 Å². The monoisotopic (exact) mass is 278 g/mol. The maximum atomic E-state index is 5.55. The number of hydrogen-bond donors (Lipinski definition) is 2. The van der Waals surface area contributed by atoms with Gasteiger partial charge in [0.1, 0.15) is 0 Å². The van der Waals surface area contributed by atoms with E-state index in [0.29, 0.717) is 12.0 Å². The maximum Gasteiger partial charge on any atom is 0.0950 e. The van der Waals surface area contributed by atoms with Crippen LogP contribution in [0, 0.1) is 11.3 Å². The molecule has 1 aliphatic carbocycles. The molecule has 0 amide bonds. The van der Waals surface area contributed by atoms with E-state index in [1.807, 2.05) is 6.33 Å². The summed E-state index contributed by atoms with van der Waals surface area (Å²) < 4.78 is 2.07. The highest BCUT2D eigenvalue weighted by atomic mass is 15.1. The van der Waals surface area contributed by atoms with E-state index < -0.39 is 0 Å². The minimum absolute atomic E-state index is 0.536. The van der Waals surface area contributed by atoms with Gasteiger partial charge in [-0.05, 0) is 30.6 Å². The van der Waals surface area contributed by atoms with Crippen molar-refractivity contribution in [1.82, 2.24) is 14.9 Å². The first-order valence-electron chi connectivity index (χ1n) is 8.05. The summed E-state index contributed by atoms with van der Waals surface area (Å²) in [7, 11) is 0. The molecule has 1 aromatic rings. The van der Waals surface area contributed by atoms with Crippen molar-refractivity contribution in [2.45, 2.75) is 59.0 Å². The standard InChI is InChI=1S/C16H30N4/c1-14(2)9-16(5-3-4-6-16)12-18-10-15-11-20(8-7-17)13-19-15/h11,13-14,18H,3-10,12,17H2,1-2H3. The lowest BCUT2D eigenvalue weighted by molar-refractivity contribution is 0.223. The number of nitrogens with two attached hydrogens (primary N) is 1. The van der Waals surface area contributed by atoms with Crippen LogP contribution in [0.25, 0.3) is 0 Å². The Morgan fingerprint density at radius 2 is 2.15 bits per heavy atom. The molecule has 4 heteroatoms. The summed E-state index contributed by atoms with van der Waals surface area (Å²) in [5.74, 6) is 0.790. The predicted octanol–water partition coefficient (Wildman–Crippen LogP) is 2.54. The number of imidazole rings is 1. The minimum atomic E-state index is 0.536. The van der Waals surface area contributed by atoms with Gasteiger partial charge in [-0.15, -0.1) is 0 Å². The molecule has 1 fully saturated rings. The summed E-state index contributed by atoms with van der Waals surface area (Å²) in [6, 6.07) is 0. The molecular weight excluding hydrogens is 248 g/mol. The first kappa shape index (κ1) is 15.5. The zero-order valence-corrected chi connectivity index (χ0v) is 13.1. The van der Waals surface area contributed by atoms with E-state index >= 15 is 0 Å². The molecule has 114 valence electrons. The molecule has 2 rings (SSSR count). The van der Waals surface area contributed by atoms with E-state index in [0.717, 1.165) is 31.2 Å². The molecule has 3 N–H and O–H groups in total. The van der Waals surface area contributed by atoms with Crippen molar-refractivity contribution in [2.24, 2.45) is 17.1 Å². The van der Waals surface area contributed by atoms with Gasteiger partial charge in [0.2, 0.25) is 0 Å². The van der Waals surface area contributed by atoms with E-state index in [-0.39, 0.29) is 0 Å². The number of nitrogens with zero attached hydrogens (tertiary/aromatic N) is 2. The van der Waals surface area contributed by atoms with Crippen molar-refractivity contribution in [3.63, 3.8) is 0 Å². The summed E-state index contributed by atoms with van der Waals surface area (Å²) in [5.41, 5.74) is 7.21. The zero-order chi connectivity index (χ0) is 14.4. The normalized spacial score (nSPS) is 18.0. The lowest BCUT2D eigenvalue weighted by atomic mass is 9.78. The minimum Gasteiger partial charge on any atom is -0.336 e. The first-order chi connectivity index (χ1) is 9.63. The highest BCUT2D eigenvalue weighted by molar-refractivity contribution is 4.97. The summed E-state index contributed by atoms with van der Waals surface area (Å²) in [4.78, 5) is 4.43. The lowest BCUT2D eigenvalue weighted by Crippen LogP contribution is -2.33. The van der Waals surface area contributed by atoms with Crippen LogP contribution in [0.5, 0.6) is 0 Å². The second-order valence-electron chi connectivity index (χ2n) is 6.80. The summed E-state index contributed by atoms with van der Waals surface area (Å²) in [6.07, 6.45) is 10.9. The zero-order valence-electron chi connectivity index (χ0n) is 13.1. The van der Waals surface area contributed by atoms with Crippen LogP contribution in [0.1, 0.15) is 51.6 Å². The van der Waals surface area contributed by atoms with Crippen LogP contribution in [0.15, 0.2) is 12.5 Å². The Bertz CT molecular complexity index is 391. The highest BCUT2D eigenvalue weighted by Gasteiger charge is 2.33. The number of hydrogen-bond acceptors (Lipinski definition) is 3. The second-order valence-corrected chi connectivity index (χ2v) is 6.80. The van der Waals surface area contributed by atoms with Gasteiger partial charge in [-0.2, -0.15) is 0 Å². The number of nitrogens with one attached hydrogen (secondary N) is 1. The quantitative estimate of drug-likeness (QED) is 0.768. The van der Waals surface area contributed by atoms with Crippen LogP contribution in [0.2, 0.25) is 0 Å². The van der Waals surface area contributed by atoms with Crippen LogP contribution >= 0.6 is 0 Å². The fraction of sp³-hybridized carbons (Fsp3) is 0.812. The Kier molecular flexibility index (Phi) is 5.61. The van der Waals surface area contributed by atoms with Crippen LogP contribution in [0.3, 0.4) is 0 Å². The van der Waals surface area contributed by atoms with Gasteiger partial charge in [0.15, 0.2) is 0 Å². The van der Waals surface area contributed by atoms with Gasteiger partial charge < -0.3 is 15.6 Å². The Morgan fingerprint density at radius 1 is 1.40 bits per heavy atom. The van der Waals surface area contributed by atoms with Gasteiger partial charge >= 0.3 is 0 Å². The Hall–Kier alpha value is -0.870. The fourth-order valence-electron chi connectivity index (χ4n) is 3.67. The molecule has 0 saturated heterocycles. The summed E-state index contributed by atoms with van der Waals surface area (Å²) in [5, 5.41) is 3.64. The van der Waals surface area contributed by atoms with Gasteiger partial charge in [-0.3, -0.25) is 0 Å². The van der Waals surface area contributed by atoms with E-state index in [1.165, 1.54) is 32.1 Å². The Morgan fingerprint density at radius 3 is 2.80 bits per heavy atom. The van der Waals surface area contributed by atoms with Crippen molar-refractivity contribution in [3.8, 4) is 0 Å². The van der Waals surface area contributed by atoms with Crippen molar-refractivity contribution < 1.29 is 0 Å². The van der Waals surface area contributed by atoms with Crippen molar-refractivity contribution >= 4 is 0 Å². The SMILES string of the molecule is CC(C)CC1(CNCc2cn(CCN)cn2)CCCC1. The third-order valence-electron chi connectivity index (χ3n) is 4.39. The molecule has 0 unspecified atom stereocenters. The third-order valence-corrected chi connectivity index (χ3v) is 4.39. The molecule has 0 aliphatic heterocycles. The van der Waals surface area contributed by atoms with Gasteiger partial charge in [0.25, 0.3) is 0 Å². The predicted molar refractivity (Wildman–Crippen MR) is 83.3 cm³/mol. The largest absolute Gasteiger partial charge is 0.336 e. The number of aromatic nitrogens is 2. The van der Waals surface area contributed by atoms with E-state index in [4.69, 9.17) is 5.73 Å². The Labute approximate surface area is 123 Å². The molecule has 4 nitrogen and oxygen atoms in total. The van der Waals surface area contributed by atoms with E-state index in [2.05, 4.69) is 34.9 Å². The molecule has 0 bridgehead atoms. The average Bonchev–Trinajstić information content (AvgIpc) is 3.00. The average molecular weight is 278 g/mol. The Balaban J connectivity index is 1.80. The van der Waals surface area contributed by atoms with Crippen LogP contribution < -0.4 is 11.1 Å². The molecule has 0 radical (unpaired) electrons. The second kappa shape index (κ2) is 7.23. The van der Waals surface area contributed by atoms with Crippen LogP contribution in [0.4, 0.5) is 0 Å². The third kappa shape index (κ3) is 4.32. The van der Waals surface area contributed by atoms with E-state index in [9.17, 15) is 0 Å². The van der Waals surface area contributed by atoms with Crippen molar-refractivity contribution in [1.29, 1.82) is 0 Å². The van der Waals surface area contributed by atoms with Crippen LogP contribution in [-0.4, -0.2) is 22.6 Å². The molecular formula is C16H30N4. The van der Waals surface area contributed by atoms with E-state index in [1.54, 1.807) is 0 Å². The molecule has 0 atom stereocenters. The topological polar surface area (TPSA) is 55.9 Å². The first-order valence-corrected chi connectivity index (χ1v) is 8.05. The van der Waals surface area contributed by atoms with Gasteiger partial charge in [-0.25, -0.2) is 4.98 Å². The summed E-state index contributed by atoms with van der Waals surface area (Å²) in [6.45, 7) is 8.21. The summed E-state index contributed by atoms with van der Waals surface area (Å²) >= 11 is 0. The van der Waals surface area contributed by atoms with Crippen molar-refractivity contribution in [2.75, 3.05) is 13.1 Å². The molecule has 1 heterocycles. The maximum absolute atomic E-state index is 5.55. The highest BCUT2D eigenvalue weighted by Crippen LogP contribution is 2.42. The molecule has 0 aromatic carbocycles. The van der Waals surface area contributed by atoms with Crippen molar-refractivity contribution in [3.05, 3.63) is 18.2 Å². The number of rotatable bonds is 8. The molecule has 20 heavy (non-hydrogen) atoms. The van der Waals surface area contributed by atoms with Crippen LogP contribution in [-0.2, 0) is 13.1 Å².